The Balaban J connectivity index is 1.68. The second kappa shape index (κ2) is 9.77. The van der Waals surface area contributed by atoms with Gasteiger partial charge in [0, 0.05) is 17.1 Å². The Morgan fingerprint density at radius 2 is 1.81 bits per heavy atom. The van der Waals surface area contributed by atoms with Crippen molar-refractivity contribution in [1.82, 2.24) is 9.55 Å². The van der Waals surface area contributed by atoms with Crippen LogP contribution in [0, 0.1) is 0 Å². The van der Waals surface area contributed by atoms with Crippen LogP contribution >= 0.6 is 11.3 Å². The molecule has 2 aromatic heterocycles. The van der Waals surface area contributed by atoms with Crippen molar-refractivity contribution in [2.75, 3.05) is 5.32 Å². The standard InChI is InChI=1S/C23H29N3O4S/c27-20(28)13-16-14-31-23(24-16)25-21(29)18-12-15-8-4-1-2-7-11-19(15)26(22(18)30)17-9-5-3-6-10-17/h12,14,17H,1-11,13H2,(H,27,28)(H,24,25,29). The summed E-state index contributed by atoms with van der Waals surface area (Å²) in [7, 11) is 0. The number of carboxylic acids is 1. The summed E-state index contributed by atoms with van der Waals surface area (Å²) in [6.45, 7) is 0. The zero-order valence-corrected chi connectivity index (χ0v) is 18.5. The Hall–Kier alpha value is -2.48. The van der Waals surface area contributed by atoms with Crippen LogP contribution in [-0.2, 0) is 24.1 Å². The summed E-state index contributed by atoms with van der Waals surface area (Å²) < 4.78 is 1.95. The van der Waals surface area contributed by atoms with Gasteiger partial charge in [-0.2, -0.15) is 0 Å². The maximum absolute atomic E-state index is 13.5. The minimum Gasteiger partial charge on any atom is -0.481 e. The third-order valence-corrected chi connectivity index (χ3v) is 7.13. The van der Waals surface area contributed by atoms with E-state index in [1.165, 1.54) is 30.6 Å². The molecule has 1 saturated carbocycles. The first-order valence-electron chi connectivity index (χ1n) is 11.3. The lowest BCUT2D eigenvalue weighted by Crippen LogP contribution is -2.35. The number of carbonyl (C=O) groups excluding carboxylic acids is 1. The molecule has 0 spiro atoms. The van der Waals surface area contributed by atoms with Gasteiger partial charge in [0.2, 0.25) is 0 Å². The summed E-state index contributed by atoms with van der Waals surface area (Å²) in [6, 6.07) is 1.97. The molecule has 0 radical (unpaired) electrons. The fourth-order valence-electron chi connectivity index (χ4n) is 4.84. The third-order valence-electron chi connectivity index (χ3n) is 6.33. The molecule has 2 aromatic rings. The lowest BCUT2D eigenvalue weighted by Gasteiger charge is -2.29. The third kappa shape index (κ3) is 5.06. The topological polar surface area (TPSA) is 101 Å². The van der Waals surface area contributed by atoms with E-state index in [2.05, 4.69) is 10.3 Å². The van der Waals surface area contributed by atoms with Crippen LogP contribution in [0.1, 0.15) is 91.1 Å². The van der Waals surface area contributed by atoms with Crippen LogP contribution in [0.15, 0.2) is 16.2 Å². The summed E-state index contributed by atoms with van der Waals surface area (Å²) >= 11 is 1.17. The summed E-state index contributed by atoms with van der Waals surface area (Å²) in [5.74, 6) is -1.43. The molecule has 8 heteroatoms. The number of hydrogen-bond acceptors (Lipinski definition) is 5. The lowest BCUT2D eigenvalue weighted by molar-refractivity contribution is -0.136. The monoisotopic (exact) mass is 443 g/mol. The van der Waals surface area contributed by atoms with Crippen molar-refractivity contribution >= 4 is 28.3 Å². The number of pyridine rings is 1. The average molecular weight is 444 g/mol. The van der Waals surface area contributed by atoms with Crippen LogP contribution in [-0.4, -0.2) is 26.5 Å². The molecule has 2 heterocycles. The number of aromatic nitrogens is 2. The first-order valence-corrected chi connectivity index (χ1v) is 12.2. The van der Waals surface area contributed by atoms with Crippen LogP contribution in [0.25, 0.3) is 0 Å². The molecule has 4 rings (SSSR count). The van der Waals surface area contributed by atoms with Gasteiger partial charge in [-0.25, -0.2) is 4.98 Å². The van der Waals surface area contributed by atoms with Gasteiger partial charge in [0.05, 0.1) is 12.1 Å². The van der Waals surface area contributed by atoms with E-state index in [-0.39, 0.29) is 23.6 Å². The van der Waals surface area contributed by atoms with Gasteiger partial charge < -0.3 is 9.67 Å². The van der Waals surface area contributed by atoms with Crippen LogP contribution in [0.3, 0.4) is 0 Å². The first kappa shape index (κ1) is 21.7. The maximum atomic E-state index is 13.5. The van der Waals surface area contributed by atoms with Crippen LogP contribution in [0.2, 0.25) is 0 Å². The molecule has 31 heavy (non-hydrogen) atoms. The highest BCUT2D eigenvalue weighted by molar-refractivity contribution is 7.14. The van der Waals surface area contributed by atoms with E-state index in [0.29, 0.717) is 10.8 Å². The van der Waals surface area contributed by atoms with Crippen molar-refractivity contribution in [1.29, 1.82) is 0 Å². The molecule has 0 bridgehead atoms. The molecule has 1 amide bonds. The summed E-state index contributed by atoms with van der Waals surface area (Å²) in [6.07, 6.45) is 11.5. The number of thiazole rings is 1. The molecule has 1 fully saturated rings. The molecule has 2 N–H and O–H groups in total. The number of aliphatic carboxylic acids is 1. The van der Waals surface area contributed by atoms with E-state index >= 15 is 0 Å². The second-order valence-corrected chi connectivity index (χ2v) is 9.44. The molecule has 0 aromatic carbocycles. The number of anilines is 1. The Bertz CT molecular complexity index is 1020. The van der Waals surface area contributed by atoms with Gasteiger partial charge >= 0.3 is 5.97 Å². The average Bonchev–Trinajstić information content (AvgIpc) is 3.15. The van der Waals surface area contributed by atoms with Gasteiger partial charge in [0.15, 0.2) is 5.13 Å². The maximum Gasteiger partial charge on any atom is 0.309 e. The number of amides is 1. The van der Waals surface area contributed by atoms with Crippen molar-refractivity contribution in [3.05, 3.63) is 44.3 Å². The fraction of sp³-hybridized carbons (Fsp3) is 0.565. The molecule has 2 aliphatic carbocycles. The van der Waals surface area contributed by atoms with Crippen LogP contribution in [0.4, 0.5) is 5.13 Å². The second-order valence-electron chi connectivity index (χ2n) is 8.58. The number of nitrogens with zero attached hydrogens (tertiary/aromatic N) is 2. The van der Waals surface area contributed by atoms with E-state index in [1.807, 2.05) is 4.57 Å². The summed E-state index contributed by atoms with van der Waals surface area (Å²) in [4.78, 5) is 41.6. The van der Waals surface area contributed by atoms with Crippen LogP contribution < -0.4 is 10.9 Å². The Labute approximate surface area is 185 Å². The Morgan fingerprint density at radius 1 is 1.10 bits per heavy atom. The molecule has 166 valence electrons. The minimum atomic E-state index is -0.972. The van der Waals surface area contributed by atoms with E-state index in [1.54, 1.807) is 11.4 Å². The van der Waals surface area contributed by atoms with Crippen molar-refractivity contribution in [3.63, 3.8) is 0 Å². The number of aryl methyl sites for hydroxylation is 1. The van der Waals surface area contributed by atoms with Gasteiger partial charge in [0.1, 0.15) is 5.56 Å². The lowest BCUT2D eigenvalue weighted by atomic mass is 9.91. The zero-order chi connectivity index (χ0) is 21.8. The number of carbonyl (C=O) groups is 2. The van der Waals surface area contributed by atoms with Gasteiger partial charge in [-0.3, -0.25) is 19.7 Å². The number of nitrogens with one attached hydrogen (secondary N) is 1. The molecule has 2 aliphatic rings. The largest absolute Gasteiger partial charge is 0.481 e. The van der Waals surface area contributed by atoms with E-state index in [4.69, 9.17) is 5.11 Å². The molecule has 7 nitrogen and oxygen atoms in total. The van der Waals surface area contributed by atoms with Crippen LogP contribution in [0.5, 0.6) is 0 Å². The summed E-state index contributed by atoms with van der Waals surface area (Å²) in [5, 5.41) is 13.6. The highest BCUT2D eigenvalue weighted by atomic mass is 32.1. The smallest absolute Gasteiger partial charge is 0.309 e. The normalized spacial score (nSPS) is 17.4. The number of carboxylic acid groups (broad SMARTS) is 1. The first-order chi connectivity index (χ1) is 15.0. The molecule has 0 unspecified atom stereocenters. The van der Waals surface area contributed by atoms with E-state index in [9.17, 15) is 14.4 Å². The number of rotatable bonds is 5. The van der Waals surface area contributed by atoms with Crippen molar-refractivity contribution in [2.45, 2.75) is 83.1 Å². The Kier molecular flexibility index (Phi) is 6.85. The molecule has 0 atom stereocenters. The fourth-order valence-corrected chi connectivity index (χ4v) is 5.54. The zero-order valence-electron chi connectivity index (χ0n) is 17.7. The van der Waals surface area contributed by atoms with Gasteiger partial charge in [0.25, 0.3) is 11.5 Å². The van der Waals surface area contributed by atoms with Crippen molar-refractivity contribution < 1.29 is 14.7 Å². The Morgan fingerprint density at radius 3 is 2.55 bits per heavy atom. The highest BCUT2D eigenvalue weighted by Crippen LogP contribution is 2.31. The quantitative estimate of drug-likeness (QED) is 0.715. The van der Waals surface area contributed by atoms with E-state index in [0.717, 1.165) is 62.6 Å². The molecule has 0 aliphatic heterocycles. The van der Waals surface area contributed by atoms with Gasteiger partial charge in [-0.15, -0.1) is 11.3 Å². The van der Waals surface area contributed by atoms with Crippen molar-refractivity contribution in [2.24, 2.45) is 0 Å². The molecular weight excluding hydrogens is 414 g/mol. The van der Waals surface area contributed by atoms with Gasteiger partial charge in [-0.1, -0.05) is 32.1 Å². The van der Waals surface area contributed by atoms with Crippen molar-refractivity contribution in [3.8, 4) is 0 Å². The molecule has 0 saturated heterocycles. The SMILES string of the molecule is O=C(O)Cc1csc(NC(=O)c2cc3c(n(C4CCCCC4)c2=O)CCCCCC3)n1. The number of hydrogen-bond donors (Lipinski definition) is 2. The predicted octanol–water partition coefficient (Wildman–Crippen LogP) is 4.35. The highest BCUT2D eigenvalue weighted by Gasteiger charge is 2.26. The van der Waals surface area contributed by atoms with E-state index < -0.39 is 11.9 Å². The minimum absolute atomic E-state index is 0.167. The predicted molar refractivity (Wildman–Crippen MR) is 120 cm³/mol. The molecular formula is C23H29N3O4S. The van der Waals surface area contributed by atoms with Gasteiger partial charge in [-0.05, 0) is 50.2 Å². The number of fused-ring (bicyclic) bond motifs is 1. The summed E-state index contributed by atoms with van der Waals surface area (Å²) in [5.41, 5.74) is 2.61.